The molecule has 0 aliphatic rings. The third-order valence-corrected chi connectivity index (χ3v) is 3.79. The van der Waals surface area contributed by atoms with E-state index in [1.807, 2.05) is 19.9 Å². The molecule has 9 nitrogen and oxygen atoms in total. The molecule has 1 atom stereocenters. The lowest BCUT2D eigenvalue weighted by atomic mass is 10.1. The van der Waals surface area contributed by atoms with Gasteiger partial charge in [-0.05, 0) is 38.5 Å². The third-order valence-electron chi connectivity index (χ3n) is 3.79. The van der Waals surface area contributed by atoms with Crippen LogP contribution in [0.15, 0.2) is 21.7 Å². The molecule has 0 aliphatic heterocycles. The molecule has 3 aromatic rings. The number of nitrogens with zero attached hydrogens (tertiary/aromatic N) is 2. The highest BCUT2D eigenvalue weighted by molar-refractivity contribution is 5.95. The van der Waals surface area contributed by atoms with Crippen molar-refractivity contribution in [3.63, 3.8) is 0 Å². The fourth-order valence-electron chi connectivity index (χ4n) is 2.71. The number of hydrogen-bond acceptors (Lipinski definition) is 5. The fraction of sp³-hybridized carbons (Fsp3) is 0.312. The summed E-state index contributed by atoms with van der Waals surface area (Å²) >= 11 is 0. The second-order valence-electron chi connectivity index (χ2n) is 6.08. The van der Waals surface area contributed by atoms with Gasteiger partial charge in [-0.15, -0.1) is 0 Å². The van der Waals surface area contributed by atoms with Crippen LogP contribution in [0.4, 0.5) is 0 Å². The van der Waals surface area contributed by atoms with Crippen LogP contribution in [-0.2, 0) is 6.42 Å². The molecule has 0 bridgehead atoms. The van der Waals surface area contributed by atoms with E-state index in [-0.39, 0.29) is 28.7 Å². The van der Waals surface area contributed by atoms with Crippen LogP contribution in [0.5, 0.6) is 0 Å². The number of carbonyl (C=O) groups is 1. The maximum absolute atomic E-state index is 12.4. The van der Waals surface area contributed by atoms with Crippen molar-refractivity contribution in [3.05, 3.63) is 55.6 Å². The summed E-state index contributed by atoms with van der Waals surface area (Å²) in [4.78, 5) is 44.4. The fourth-order valence-corrected chi connectivity index (χ4v) is 2.71. The summed E-state index contributed by atoms with van der Waals surface area (Å²) in [6.07, 6.45) is 0.569. The number of carbonyl (C=O) groups excluding carboxylic acids is 1. The van der Waals surface area contributed by atoms with Gasteiger partial charge in [-0.2, -0.15) is 5.10 Å². The summed E-state index contributed by atoms with van der Waals surface area (Å²) in [5.74, 6) is -0.383. The van der Waals surface area contributed by atoms with E-state index in [4.69, 9.17) is 0 Å². The summed E-state index contributed by atoms with van der Waals surface area (Å²) < 4.78 is 0. The molecular weight excluding hydrogens is 324 g/mol. The maximum atomic E-state index is 12.4. The Kier molecular flexibility index (Phi) is 4.22. The van der Waals surface area contributed by atoms with Crippen LogP contribution >= 0.6 is 0 Å². The first-order valence-electron chi connectivity index (χ1n) is 7.79. The number of fused-ring (bicyclic) bond motifs is 1. The van der Waals surface area contributed by atoms with Crippen molar-refractivity contribution in [2.45, 2.75) is 33.2 Å². The Morgan fingerprint density at radius 3 is 2.68 bits per heavy atom. The Morgan fingerprint density at radius 2 is 2.00 bits per heavy atom. The summed E-state index contributed by atoms with van der Waals surface area (Å²) in [6.45, 7) is 5.46. The van der Waals surface area contributed by atoms with Gasteiger partial charge in [0, 0.05) is 18.2 Å². The Bertz CT molecular complexity index is 1060. The van der Waals surface area contributed by atoms with Crippen LogP contribution in [0.1, 0.15) is 34.4 Å². The van der Waals surface area contributed by atoms with E-state index in [1.54, 1.807) is 6.92 Å². The van der Waals surface area contributed by atoms with Crippen LogP contribution in [0.2, 0.25) is 0 Å². The number of hydrogen-bond donors (Lipinski definition) is 4. The molecule has 0 saturated heterocycles. The van der Waals surface area contributed by atoms with Crippen molar-refractivity contribution in [2.24, 2.45) is 0 Å². The number of aromatic nitrogens is 5. The van der Waals surface area contributed by atoms with Crippen LogP contribution in [0, 0.1) is 13.8 Å². The zero-order valence-electron chi connectivity index (χ0n) is 14.1. The predicted octanol–water partition coefficient (Wildman–Crippen LogP) is 0.312. The highest BCUT2D eigenvalue weighted by atomic mass is 16.2. The average Bonchev–Trinajstić information content (AvgIpc) is 2.90. The Balaban J connectivity index is 1.84. The van der Waals surface area contributed by atoms with Gasteiger partial charge in [0.1, 0.15) is 11.3 Å². The van der Waals surface area contributed by atoms with Gasteiger partial charge in [0.2, 0.25) is 0 Å². The first-order valence-corrected chi connectivity index (χ1v) is 7.79. The van der Waals surface area contributed by atoms with Gasteiger partial charge >= 0.3 is 5.69 Å². The van der Waals surface area contributed by atoms with E-state index in [1.165, 1.54) is 6.07 Å². The minimum atomic E-state index is -0.663. The molecule has 25 heavy (non-hydrogen) atoms. The van der Waals surface area contributed by atoms with Gasteiger partial charge in [-0.25, -0.2) is 9.78 Å². The van der Waals surface area contributed by atoms with Crippen molar-refractivity contribution in [1.29, 1.82) is 0 Å². The minimum absolute atomic E-state index is 0.0921. The summed E-state index contributed by atoms with van der Waals surface area (Å²) in [5, 5.41) is 10.1. The van der Waals surface area contributed by atoms with Crippen molar-refractivity contribution in [2.75, 3.05) is 0 Å². The van der Waals surface area contributed by atoms with E-state index in [0.717, 1.165) is 11.4 Å². The van der Waals surface area contributed by atoms with Crippen molar-refractivity contribution >= 4 is 16.9 Å². The molecule has 0 saturated carbocycles. The van der Waals surface area contributed by atoms with Gasteiger partial charge in [-0.1, -0.05) is 0 Å². The molecule has 3 heterocycles. The topological polar surface area (TPSA) is 136 Å². The van der Waals surface area contributed by atoms with Crippen LogP contribution in [0.3, 0.4) is 0 Å². The number of nitrogens with one attached hydrogen (secondary N) is 4. The Labute approximate surface area is 141 Å². The molecule has 0 spiro atoms. The number of pyridine rings is 1. The summed E-state index contributed by atoms with van der Waals surface area (Å²) in [6, 6.07) is 3.28. The van der Waals surface area contributed by atoms with Crippen LogP contribution < -0.4 is 16.6 Å². The van der Waals surface area contributed by atoms with Crippen LogP contribution in [0.25, 0.3) is 11.0 Å². The van der Waals surface area contributed by atoms with Gasteiger partial charge in [0.25, 0.3) is 11.5 Å². The molecule has 1 unspecified atom stereocenters. The normalized spacial score (nSPS) is 12.3. The highest BCUT2D eigenvalue weighted by Gasteiger charge is 2.16. The SMILES string of the molecule is Cc1cc(CC(C)NC(=O)c2cc(C)c3c(=O)[nH]c(=O)[nH]c3n2)n[nH]1. The quantitative estimate of drug-likeness (QED) is 0.541. The second kappa shape index (κ2) is 6.34. The summed E-state index contributed by atoms with van der Waals surface area (Å²) in [5.41, 5.74) is 1.40. The number of amides is 1. The third kappa shape index (κ3) is 3.49. The van der Waals surface area contributed by atoms with E-state index in [0.29, 0.717) is 12.0 Å². The van der Waals surface area contributed by atoms with E-state index >= 15 is 0 Å². The zero-order chi connectivity index (χ0) is 18.1. The molecule has 3 rings (SSSR count). The largest absolute Gasteiger partial charge is 0.348 e. The number of rotatable bonds is 4. The molecule has 1 amide bonds. The van der Waals surface area contributed by atoms with Crippen LogP contribution in [-0.4, -0.2) is 37.1 Å². The van der Waals surface area contributed by atoms with Gasteiger partial charge < -0.3 is 5.32 Å². The van der Waals surface area contributed by atoms with Gasteiger partial charge in [0.05, 0.1) is 11.1 Å². The molecule has 0 fully saturated rings. The molecule has 0 aliphatic carbocycles. The van der Waals surface area contributed by atoms with E-state index in [9.17, 15) is 14.4 Å². The lowest BCUT2D eigenvalue weighted by Crippen LogP contribution is -2.35. The van der Waals surface area contributed by atoms with E-state index in [2.05, 4.69) is 30.5 Å². The molecule has 4 N–H and O–H groups in total. The van der Waals surface area contributed by atoms with Gasteiger partial charge in [-0.3, -0.25) is 24.7 Å². The van der Waals surface area contributed by atoms with Crippen molar-refractivity contribution < 1.29 is 4.79 Å². The zero-order valence-corrected chi connectivity index (χ0v) is 14.1. The average molecular weight is 342 g/mol. The Morgan fingerprint density at radius 1 is 1.24 bits per heavy atom. The maximum Gasteiger partial charge on any atom is 0.327 e. The Hall–Kier alpha value is -3.23. The molecule has 0 aromatic carbocycles. The first-order chi connectivity index (χ1) is 11.8. The molecular formula is C16H18N6O3. The lowest BCUT2D eigenvalue weighted by molar-refractivity contribution is 0.0935. The predicted molar refractivity (Wildman–Crippen MR) is 91.7 cm³/mol. The second-order valence-corrected chi connectivity index (χ2v) is 6.08. The smallest absolute Gasteiger partial charge is 0.327 e. The summed E-state index contributed by atoms with van der Waals surface area (Å²) in [7, 11) is 0. The monoisotopic (exact) mass is 342 g/mol. The number of aromatic amines is 3. The highest BCUT2D eigenvalue weighted by Crippen LogP contribution is 2.11. The standard InChI is InChI=1S/C16H18N6O3/c1-7-4-11(18-13-12(7)15(24)20-16(25)19-13)14(23)17-8(2)5-10-6-9(3)21-22-10/h4,6,8H,5H2,1-3H3,(H,17,23)(H,21,22)(H2,18,19,20,24,25). The minimum Gasteiger partial charge on any atom is -0.348 e. The van der Waals surface area contributed by atoms with Crippen molar-refractivity contribution in [3.8, 4) is 0 Å². The number of H-pyrrole nitrogens is 3. The van der Waals surface area contributed by atoms with E-state index < -0.39 is 11.2 Å². The molecule has 9 heteroatoms. The molecule has 130 valence electrons. The molecule has 0 radical (unpaired) electrons. The van der Waals surface area contributed by atoms with Gasteiger partial charge in [0.15, 0.2) is 0 Å². The number of aryl methyl sites for hydroxylation is 2. The van der Waals surface area contributed by atoms with Crippen molar-refractivity contribution in [1.82, 2.24) is 30.5 Å². The lowest BCUT2D eigenvalue weighted by Gasteiger charge is -2.13. The molecule has 3 aromatic heterocycles. The first kappa shape index (κ1) is 16.6.